The van der Waals surface area contributed by atoms with Gasteiger partial charge in [-0.1, -0.05) is 0 Å². The molecule has 1 unspecified atom stereocenters. The van der Waals surface area contributed by atoms with Crippen molar-refractivity contribution in [3.63, 3.8) is 0 Å². The monoisotopic (exact) mass is 209 g/mol. The molecule has 0 bridgehead atoms. The van der Waals surface area contributed by atoms with Gasteiger partial charge in [0.25, 0.3) is 0 Å². The van der Waals surface area contributed by atoms with Crippen LogP contribution in [0.5, 0.6) is 0 Å². The van der Waals surface area contributed by atoms with E-state index >= 15 is 0 Å². The third-order valence-electron chi connectivity index (χ3n) is 2.40. The summed E-state index contributed by atoms with van der Waals surface area (Å²) in [7, 11) is 0. The predicted octanol–water partition coefficient (Wildman–Crippen LogP) is 0.194. The maximum absolute atomic E-state index is 8.97. The van der Waals surface area contributed by atoms with Crippen molar-refractivity contribution in [2.45, 2.75) is 19.6 Å². The number of anilines is 1. The van der Waals surface area contributed by atoms with Crippen molar-refractivity contribution in [1.29, 1.82) is 0 Å². The smallest absolute Gasteiger partial charge is 0.147 e. The second-order valence-corrected chi connectivity index (χ2v) is 3.65. The average molecular weight is 209 g/mol. The quantitative estimate of drug-likeness (QED) is 0.753. The Hall–Kier alpha value is -1.20. The summed E-state index contributed by atoms with van der Waals surface area (Å²) < 4.78 is 5.45. The molecule has 1 N–H and O–H groups in total. The zero-order valence-corrected chi connectivity index (χ0v) is 8.76. The molecule has 0 aliphatic carbocycles. The van der Waals surface area contributed by atoms with Crippen LogP contribution in [0.25, 0.3) is 0 Å². The molecule has 0 saturated carbocycles. The molecule has 15 heavy (non-hydrogen) atoms. The fourth-order valence-corrected chi connectivity index (χ4v) is 1.65. The van der Waals surface area contributed by atoms with Crippen molar-refractivity contribution in [1.82, 2.24) is 9.97 Å². The molecular weight excluding hydrogens is 194 g/mol. The van der Waals surface area contributed by atoms with E-state index in [4.69, 9.17) is 9.84 Å². The molecule has 0 radical (unpaired) electrons. The largest absolute Gasteiger partial charge is 0.390 e. The van der Waals surface area contributed by atoms with Crippen LogP contribution in [-0.4, -0.2) is 40.9 Å². The van der Waals surface area contributed by atoms with E-state index in [2.05, 4.69) is 14.9 Å². The van der Waals surface area contributed by atoms with Gasteiger partial charge in [0, 0.05) is 13.1 Å². The molecule has 0 aromatic carbocycles. The van der Waals surface area contributed by atoms with Crippen molar-refractivity contribution in [2.24, 2.45) is 0 Å². The third-order valence-corrected chi connectivity index (χ3v) is 2.40. The molecule has 0 spiro atoms. The van der Waals surface area contributed by atoms with Gasteiger partial charge in [-0.3, -0.25) is 4.98 Å². The molecular formula is C10H15N3O2. The van der Waals surface area contributed by atoms with Crippen molar-refractivity contribution in [3.8, 4) is 0 Å². The molecule has 82 valence electrons. The summed E-state index contributed by atoms with van der Waals surface area (Å²) >= 11 is 0. The van der Waals surface area contributed by atoms with Gasteiger partial charge in [-0.2, -0.15) is 0 Å². The first kappa shape index (κ1) is 10.3. The van der Waals surface area contributed by atoms with Gasteiger partial charge in [-0.15, -0.1) is 0 Å². The number of rotatable bonds is 2. The fourth-order valence-electron chi connectivity index (χ4n) is 1.65. The van der Waals surface area contributed by atoms with E-state index in [0.29, 0.717) is 12.3 Å². The summed E-state index contributed by atoms with van der Waals surface area (Å²) in [5, 5.41) is 8.97. The number of aromatic nitrogens is 2. The molecule has 2 heterocycles. The summed E-state index contributed by atoms with van der Waals surface area (Å²) in [5.41, 5.74) is 0.603. The molecule has 1 aromatic rings. The van der Waals surface area contributed by atoms with Crippen LogP contribution in [0.3, 0.4) is 0 Å². The number of nitrogens with zero attached hydrogens (tertiary/aromatic N) is 3. The normalized spacial score (nSPS) is 21.7. The highest BCUT2D eigenvalue weighted by Gasteiger charge is 2.18. The number of ether oxygens (including phenoxy) is 1. The number of hydrogen-bond donors (Lipinski definition) is 1. The zero-order valence-electron chi connectivity index (χ0n) is 8.76. The van der Waals surface area contributed by atoms with Crippen molar-refractivity contribution in [2.75, 3.05) is 24.6 Å². The van der Waals surface area contributed by atoms with Crippen LogP contribution in [0, 0.1) is 0 Å². The molecule has 2 rings (SSSR count). The Bertz CT molecular complexity index is 332. The molecule has 1 aliphatic rings. The van der Waals surface area contributed by atoms with E-state index in [-0.39, 0.29) is 12.7 Å². The Balaban J connectivity index is 2.13. The third kappa shape index (κ3) is 2.43. The van der Waals surface area contributed by atoms with Gasteiger partial charge in [0.15, 0.2) is 0 Å². The minimum atomic E-state index is -0.0687. The Morgan fingerprint density at radius 3 is 3.20 bits per heavy atom. The van der Waals surface area contributed by atoms with Gasteiger partial charge in [0.05, 0.1) is 37.4 Å². The summed E-state index contributed by atoms with van der Waals surface area (Å²) in [4.78, 5) is 10.5. The highest BCUT2D eigenvalue weighted by molar-refractivity contribution is 5.36. The molecule has 5 heteroatoms. The van der Waals surface area contributed by atoms with Gasteiger partial charge < -0.3 is 14.7 Å². The van der Waals surface area contributed by atoms with Crippen LogP contribution in [0.15, 0.2) is 12.4 Å². The lowest BCUT2D eigenvalue weighted by molar-refractivity contribution is 0.0529. The summed E-state index contributed by atoms with van der Waals surface area (Å²) in [6.45, 7) is 4.33. The molecule has 1 aromatic heterocycles. The minimum Gasteiger partial charge on any atom is -0.390 e. The maximum atomic E-state index is 8.97. The standard InChI is InChI=1S/C10H15N3O2/c1-8-6-13(2-3-15-8)10-5-11-4-9(7-14)12-10/h4-5,8,14H,2-3,6-7H2,1H3. The van der Waals surface area contributed by atoms with Crippen LogP contribution in [0.2, 0.25) is 0 Å². The van der Waals surface area contributed by atoms with E-state index in [1.54, 1.807) is 12.4 Å². The topological polar surface area (TPSA) is 58.5 Å². The van der Waals surface area contributed by atoms with E-state index in [1.165, 1.54) is 0 Å². The van der Waals surface area contributed by atoms with Gasteiger partial charge in [0.2, 0.25) is 0 Å². The van der Waals surface area contributed by atoms with Crippen molar-refractivity contribution >= 4 is 5.82 Å². The maximum Gasteiger partial charge on any atom is 0.147 e. The zero-order chi connectivity index (χ0) is 10.7. The van der Waals surface area contributed by atoms with Gasteiger partial charge in [-0.05, 0) is 6.92 Å². The van der Waals surface area contributed by atoms with Gasteiger partial charge >= 0.3 is 0 Å². The highest BCUT2D eigenvalue weighted by Crippen LogP contribution is 2.14. The SMILES string of the molecule is CC1CN(c2cncc(CO)n2)CCO1. The fraction of sp³-hybridized carbons (Fsp3) is 0.600. The molecule has 1 saturated heterocycles. The minimum absolute atomic E-state index is 0.0687. The lowest BCUT2D eigenvalue weighted by Crippen LogP contribution is -2.41. The number of morpholine rings is 1. The van der Waals surface area contributed by atoms with Crippen LogP contribution in [0.4, 0.5) is 5.82 Å². The summed E-state index contributed by atoms with van der Waals surface area (Å²) in [6, 6.07) is 0. The lowest BCUT2D eigenvalue weighted by atomic mass is 10.3. The lowest BCUT2D eigenvalue weighted by Gasteiger charge is -2.31. The van der Waals surface area contributed by atoms with Crippen LogP contribution in [0.1, 0.15) is 12.6 Å². The first-order chi connectivity index (χ1) is 7.29. The van der Waals surface area contributed by atoms with Crippen LogP contribution < -0.4 is 4.90 Å². The molecule has 1 aliphatic heterocycles. The number of aliphatic hydroxyl groups is 1. The first-order valence-electron chi connectivity index (χ1n) is 5.08. The Labute approximate surface area is 88.7 Å². The van der Waals surface area contributed by atoms with Crippen LogP contribution in [-0.2, 0) is 11.3 Å². The van der Waals surface area contributed by atoms with Gasteiger partial charge in [-0.25, -0.2) is 4.98 Å². The van der Waals surface area contributed by atoms with E-state index in [9.17, 15) is 0 Å². The highest BCUT2D eigenvalue weighted by atomic mass is 16.5. The predicted molar refractivity (Wildman–Crippen MR) is 55.6 cm³/mol. The molecule has 1 fully saturated rings. The summed E-state index contributed by atoms with van der Waals surface area (Å²) in [6.07, 6.45) is 3.52. The van der Waals surface area contributed by atoms with Crippen molar-refractivity contribution in [3.05, 3.63) is 18.1 Å². The second-order valence-electron chi connectivity index (χ2n) is 3.65. The molecule has 0 amide bonds. The van der Waals surface area contributed by atoms with Gasteiger partial charge in [0.1, 0.15) is 5.82 Å². The molecule has 5 nitrogen and oxygen atoms in total. The van der Waals surface area contributed by atoms with E-state index in [0.717, 1.165) is 18.9 Å². The Morgan fingerprint density at radius 1 is 1.60 bits per heavy atom. The van der Waals surface area contributed by atoms with E-state index < -0.39 is 0 Å². The average Bonchev–Trinajstić information content (AvgIpc) is 2.29. The Kier molecular flexibility index (Phi) is 3.13. The number of aliphatic hydroxyl groups excluding tert-OH is 1. The Morgan fingerprint density at radius 2 is 2.47 bits per heavy atom. The molecule has 1 atom stereocenters. The van der Waals surface area contributed by atoms with Crippen molar-refractivity contribution < 1.29 is 9.84 Å². The first-order valence-corrected chi connectivity index (χ1v) is 5.08. The number of hydrogen-bond acceptors (Lipinski definition) is 5. The second kappa shape index (κ2) is 4.55. The van der Waals surface area contributed by atoms with E-state index in [1.807, 2.05) is 6.92 Å². The summed E-state index contributed by atoms with van der Waals surface area (Å²) in [5.74, 6) is 0.816. The van der Waals surface area contributed by atoms with Crippen LogP contribution >= 0.6 is 0 Å².